The summed E-state index contributed by atoms with van der Waals surface area (Å²) in [4.78, 5) is 0. The van der Waals surface area contributed by atoms with Crippen LogP contribution in [0.5, 0.6) is 0 Å². The van der Waals surface area contributed by atoms with Crippen LogP contribution in [0.4, 0.5) is 0 Å². The highest BCUT2D eigenvalue weighted by atomic mass is 32.1. The third kappa shape index (κ3) is 1.33. The fraction of sp³-hybridized carbons (Fsp3) is 0.556. The van der Waals surface area contributed by atoms with Crippen LogP contribution < -0.4 is 5.32 Å². The minimum Gasteiger partial charge on any atom is -0.310 e. The van der Waals surface area contributed by atoms with Crippen LogP contribution in [0.2, 0.25) is 0 Å². The lowest BCUT2D eigenvalue weighted by molar-refractivity contribution is 0.646. The summed E-state index contributed by atoms with van der Waals surface area (Å²) >= 11 is 1.81. The number of thiophene rings is 1. The molecule has 1 N–H and O–H groups in total. The summed E-state index contributed by atoms with van der Waals surface area (Å²) < 4.78 is 0. The first-order valence-corrected chi connectivity index (χ1v) is 5.08. The summed E-state index contributed by atoms with van der Waals surface area (Å²) in [7, 11) is 0. The van der Waals surface area contributed by atoms with E-state index in [1.165, 1.54) is 30.5 Å². The molecule has 1 aromatic rings. The zero-order valence-electron chi connectivity index (χ0n) is 6.76. The van der Waals surface area contributed by atoms with E-state index < -0.39 is 0 Å². The molecule has 1 aromatic heterocycles. The highest BCUT2D eigenvalue weighted by molar-refractivity contribution is 7.08. The van der Waals surface area contributed by atoms with Gasteiger partial charge in [0, 0.05) is 6.04 Å². The molecule has 0 aliphatic carbocycles. The van der Waals surface area contributed by atoms with Gasteiger partial charge >= 0.3 is 0 Å². The van der Waals surface area contributed by atoms with Crippen molar-refractivity contribution in [2.75, 3.05) is 6.54 Å². The van der Waals surface area contributed by atoms with Gasteiger partial charge in [-0.1, -0.05) is 0 Å². The molecule has 0 amide bonds. The molecule has 0 spiro atoms. The topological polar surface area (TPSA) is 12.0 Å². The van der Waals surface area contributed by atoms with Gasteiger partial charge < -0.3 is 5.32 Å². The maximum absolute atomic E-state index is 3.51. The van der Waals surface area contributed by atoms with Gasteiger partial charge in [-0.15, -0.1) is 0 Å². The molecule has 1 fully saturated rings. The van der Waals surface area contributed by atoms with Gasteiger partial charge in [-0.2, -0.15) is 11.3 Å². The maximum Gasteiger partial charge on any atom is 0.0331 e. The van der Waals surface area contributed by atoms with Crippen molar-refractivity contribution in [1.29, 1.82) is 0 Å². The lowest BCUT2D eigenvalue weighted by Gasteiger charge is -2.08. The summed E-state index contributed by atoms with van der Waals surface area (Å²) in [6, 6.07) is 0.654. The summed E-state index contributed by atoms with van der Waals surface area (Å²) in [6.45, 7) is 3.39. The predicted octanol–water partition coefficient (Wildman–Crippen LogP) is 2.48. The van der Waals surface area contributed by atoms with E-state index in [0.29, 0.717) is 6.04 Å². The van der Waals surface area contributed by atoms with Gasteiger partial charge in [-0.25, -0.2) is 0 Å². The highest BCUT2D eigenvalue weighted by Gasteiger charge is 2.17. The van der Waals surface area contributed by atoms with E-state index in [1.807, 2.05) is 11.3 Å². The van der Waals surface area contributed by atoms with Crippen LogP contribution >= 0.6 is 11.3 Å². The molecule has 1 aliphatic rings. The first kappa shape index (κ1) is 7.32. The molecule has 0 radical (unpaired) electrons. The van der Waals surface area contributed by atoms with Crippen molar-refractivity contribution in [3.8, 4) is 0 Å². The fourth-order valence-electron chi connectivity index (χ4n) is 1.68. The fourth-order valence-corrected chi connectivity index (χ4v) is 2.58. The van der Waals surface area contributed by atoms with Gasteiger partial charge in [-0.05, 0) is 48.2 Å². The van der Waals surface area contributed by atoms with Crippen molar-refractivity contribution < 1.29 is 0 Å². The molecule has 0 saturated carbocycles. The average Bonchev–Trinajstić information content (AvgIpc) is 2.55. The highest BCUT2D eigenvalue weighted by Crippen LogP contribution is 2.27. The van der Waals surface area contributed by atoms with Crippen molar-refractivity contribution in [3.05, 3.63) is 21.9 Å². The Kier molecular flexibility index (Phi) is 1.96. The smallest absolute Gasteiger partial charge is 0.0331 e. The standard InChI is InChI=1S/C9H13NS/c1-7-5-11-6-8(7)9-3-2-4-10-9/h5-6,9-10H,2-4H2,1H3/t9-/m0/s1. The molecule has 2 heterocycles. The van der Waals surface area contributed by atoms with Crippen LogP contribution in [0.15, 0.2) is 10.8 Å². The zero-order chi connectivity index (χ0) is 7.68. The molecule has 1 aliphatic heterocycles. The van der Waals surface area contributed by atoms with Crippen LogP contribution in [0.25, 0.3) is 0 Å². The summed E-state index contributed by atoms with van der Waals surface area (Å²) in [5, 5.41) is 8.01. The first-order chi connectivity index (χ1) is 5.38. The van der Waals surface area contributed by atoms with Crippen molar-refractivity contribution in [2.45, 2.75) is 25.8 Å². The normalized spacial score (nSPS) is 24.3. The summed E-state index contributed by atoms with van der Waals surface area (Å²) in [5.74, 6) is 0. The van der Waals surface area contributed by atoms with Crippen LogP contribution in [0.3, 0.4) is 0 Å². The van der Waals surface area contributed by atoms with Crippen LogP contribution in [0, 0.1) is 6.92 Å². The molecule has 2 rings (SSSR count). The van der Waals surface area contributed by atoms with Gasteiger partial charge in [0.2, 0.25) is 0 Å². The third-order valence-electron chi connectivity index (χ3n) is 2.33. The molecule has 60 valence electrons. The number of hydrogen-bond acceptors (Lipinski definition) is 2. The third-order valence-corrected chi connectivity index (χ3v) is 3.21. The number of hydrogen-bond donors (Lipinski definition) is 1. The Morgan fingerprint density at radius 2 is 2.45 bits per heavy atom. The quantitative estimate of drug-likeness (QED) is 0.677. The SMILES string of the molecule is Cc1cscc1[C@@H]1CCCN1. The average molecular weight is 167 g/mol. The van der Waals surface area contributed by atoms with Crippen molar-refractivity contribution in [2.24, 2.45) is 0 Å². The second-order valence-corrected chi connectivity index (χ2v) is 3.90. The van der Waals surface area contributed by atoms with Gasteiger partial charge in [0.25, 0.3) is 0 Å². The Labute approximate surface area is 71.4 Å². The molecule has 0 aromatic carbocycles. The van der Waals surface area contributed by atoms with Gasteiger partial charge in [0.05, 0.1) is 0 Å². The lowest BCUT2D eigenvalue weighted by Crippen LogP contribution is -2.12. The molecular weight excluding hydrogens is 154 g/mol. The van der Waals surface area contributed by atoms with Gasteiger partial charge in [-0.3, -0.25) is 0 Å². The van der Waals surface area contributed by atoms with Crippen LogP contribution in [-0.4, -0.2) is 6.54 Å². The Morgan fingerprint density at radius 3 is 3.00 bits per heavy atom. The van der Waals surface area contributed by atoms with E-state index in [0.717, 1.165) is 0 Å². The van der Waals surface area contributed by atoms with Gasteiger partial charge in [0.1, 0.15) is 0 Å². The summed E-state index contributed by atoms with van der Waals surface area (Å²) in [6.07, 6.45) is 2.65. The Bertz CT molecular complexity index is 235. The number of rotatable bonds is 1. The predicted molar refractivity (Wildman–Crippen MR) is 49.0 cm³/mol. The van der Waals surface area contributed by atoms with E-state index in [9.17, 15) is 0 Å². The van der Waals surface area contributed by atoms with Gasteiger partial charge in [0.15, 0.2) is 0 Å². The number of nitrogens with one attached hydrogen (secondary N) is 1. The van der Waals surface area contributed by atoms with E-state index in [2.05, 4.69) is 23.0 Å². The maximum atomic E-state index is 3.51. The lowest BCUT2D eigenvalue weighted by atomic mass is 10.1. The first-order valence-electron chi connectivity index (χ1n) is 4.14. The molecule has 1 saturated heterocycles. The Balaban J connectivity index is 2.21. The molecular formula is C9H13NS. The molecule has 1 atom stereocenters. The van der Waals surface area contributed by atoms with Crippen LogP contribution in [-0.2, 0) is 0 Å². The molecule has 2 heteroatoms. The Hall–Kier alpha value is -0.340. The second-order valence-electron chi connectivity index (χ2n) is 3.16. The second kappa shape index (κ2) is 2.95. The molecule has 0 unspecified atom stereocenters. The molecule has 11 heavy (non-hydrogen) atoms. The Morgan fingerprint density at radius 1 is 1.55 bits per heavy atom. The minimum absolute atomic E-state index is 0.654. The van der Waals surface area contributed by atoms with E-state index in [4.69, 9.17) is 0 Å². The summed E-state index contributed by atoms with van der Waals surface area (Å²) in [5.41, 5.74) is 2.97. The minimum atomic E-state index is 0.654. The van der Waals surface area contributed by atoms with Crippen molar-refractivity contribution in [3.63, 3.8) is 0 Å². The molecule has 0 bridgehead atoms. The largest absolute Gasteiger partial charge is 0.310 e. The van der Waals surface area contributed by atoms with Crippen molar-refractivity contribution >= 4 is 11.3 Å². The van der Waals surface area contributed by atoms with E-state index >= 15 is 0 Å². The van der Waals surface area contributed by atoms with E-state index in [1.54, 1.807) is 0 Å². The van der Waals surface area contributed by atoms with E-state index in [-0.39, 0.29) is 0 Å². The number of aryl methyl sites for hydroxylation is 1. The monoisotopic (exact) mass is 167 g/mol. The van der Waals surface area contributed by atoms with Crippen molar-refractivity contribution in [1.82, 2.24) is 5.32 Å². The zero-order valence-corrected chi connectivity index (χ0v) is 7.58. The van der Waals surface area contributed by atoms with Crippen LogP contribution in [0.1, 0.15) is 30.0 Å². The molecule has 1 nitrogen and oxygen atoms in total.